The maximum Gasteiger partial charge on any atom is 0.344 e. The van der Waals surface area contributed by atoms with E-state index < -0.39 is 29.4 Å². The number of nitrogens with zero attached hydrogens (tertiary/aromatic N) is 2. The fourth-order valence-electron chi connectivity index (χ4n) is 1.16. The van der Waals surface area contributed by atoms with E-state index in [1.165, 1.54) is 14.1 Å². The Morgan fingerprint density at radius 3 is 1.94 bits per heavy atom. The highest BCUT2D eigenvalue weighted by molar-refractivity contribution is 6.22. The van der Waals surface area contributed by atoms with E-state index in [0.29, 0.717) is 0 Å². The zero-order valence-electron chi connectivity index (χ0n) is 9.47. The molecule has 9 nitrogen and oxygen atoms in total. The van der Waals surface area contributed by atoms with Gasteiger partial charge in [0, 0.05) is 14.1 Å². The van der Waals surface area contributed by atoms with Crippen LogP contribution in [0.1, 0.15) is 6.92 Å². The van der Waals surface area contributed by atoms with E-state index in [1.807, 2.05) is 0 Å². The first-order chi connectivity index (χ1) is 7.71. The Morgan fingerprint density at radius 2 is 1.59 bits per heavy atom. The van der Waals surface area contributed by atoms with Crippen LogP contribution in [0, 0.1) is 0 Å². The predicted octanol–water partition coefficient (Wildman–Crippen LogP) is -1.52. The van der Waals surface area contributed by atoms with Gasteiger partial charge in [-0.25, -0.2) is 9.59 Å². The van der Waals surface area contributed by atoms with Crippen molar-refractivity contribution in [3.63, 3.8) is 0 Å². The zero-order chi connectivity index (χ0) is 13.4. The van der Waals surface area contributed by atoms with E-state index in [0.717, 1.165) is 11.8 Å². The fourth-order valence-corrected chi connectivity index (χ4v) is 1.16. The van der Waals surface area contributed by atoms with Crippen molar-refractivity contribution in [3.05, 3.63) is 0 Å². The molecule has 1 saturated heterocycles. The second kappa shape index (κ2) is 4.01. The molecule has 1 fully saturated rings. The molecule has 1 heterocycles. The summed E-state index contributed by atoms with van der Waals surface area (Å²) in [6.07, 6.45) is 0. The van der Waals surface area contributed by atoms with Gasteiger partial charge in [0.15, 0.2) is 0 Å². The van der Waals surface area contributed by atoms with Gasteiger partial charge in [0.05, 0.1) is 0 Å². The van der Waals surface area contributed by atoms with Crippen LogP contribution in [0.3, 0.4) is 0 Å². The highest BCUT2D eigenvalue weighted by Gasteiger charge is 2.53. The van der Waals surface area contributed by atoms with Gasteiger partial charge in [-0.3, -0.25) is 25.4 Å². The minimum absolute atomic E-state index is 0.0237. The molecule has 1 aliphatic rings. The monoisotopic (exact) mass is 244 g/mol. The third-order valence-corrected chi connectivity index (χ3v) is 2.33. The van der Waals surface area contributed by atoms with Crippen molar-refractivity contribution in [2.75, 3.05) is 14.1 Å². The van der Waals surface area contributed by atoms with Gasteiger partial charge in [-0.05, 0) is 6.92 Å². The number of carbonyl (C=O) groups excluding carboxylic acids is 4. The molecule has 17 heavy (non-hydrogen) atoms. The summed E-state index contributed by atoms with van der Waals surface area (Å²) in [5, 5.41) is 13.2. The van der Waals surface area contributed by atoms with E-state index in [1.54, 1.807) is 10.6 Å². The number of nitrogens with one attached hydrogen (secondary N) is 2. The number of hydroxylamine groups is 2. The Labute approximate surface area is 96.3 Å². The van der Waals surface area contributed by atoms with E-state index >= 15 is 0 Å². The normalized spacial score (nSPS) is 18.2. The summed E-state index contributed by atoms with van der Waals surface area (Å²) < 4.78 is 0. The Kier molecular flexibility index (Phi) is 3.05. The highest BCUT2D eigenvalue weighted by atomic mass is 16.5. The van der Waals surface area contributed by atoms with Crippen molar-refractivity contribution in [2.24, 2.45) is 0 Å². The van der Waals surface area contributed by atoms with Gasteiger partial charge in [-0.2, -0.15) is 5.06 Å². The van der Waals surface area contributed by atoms with Crippen molar-refractivity contribution in [3.8, 4) is 0 Å². The molecule has 0 aromatic carbocycles. The molecule has 6 amide bonds. The summed E-state index contributed by atoms with van der Waals surface area (Å²) in [5.41, 5.74) is -2.19. The first-order valence-corrected chi connectivity index (χ1v) is 4.58. The smallest absolute Gasteiger partial charge is 0.329 e. The summed E-state index contributed by atoms with van der Waals surface area (Å²) in [5.74, 6) is -2.16. The fraction of sp³-hybridized carbons (Fsp3) is 0.500. The molecule has 0 atom stereocenters. The number of amides is 6. The number of urea groups is 2. The number of rotatable bonds is 1. The lowest BCUT2D eigenvalue weighted by molar-refractivity contribution is -0.171. The van der Waals surface area contributed by atoms with Crippen LogP contribution in [0.5, 0.6) is 0 Å². The molecular formula is C8H12N4O5. The molecule has 0 spiro atoms. The molecular weight excluding hydrogens is 232 g/mol. The molecule has 0 bridgehead atoms. The summed E-state index contributed by atoms with van der Waals surface area (Å²) in [6, 6.07) is -1.96. The van der Waals surface area contributed by atoms with Crippen LogP contribution in [-0.4, -0.2) is 58.7 Å². The van der Waals surface area contributed by atoms with Crippen LogP contribution in [0.4, 0.5) is 9.59 Å². The Morgan fingerprint density at radius 1 is 1.18 bits per heavy atom. The van der Waals surface area contributed by atoms with Crippen molar-refractivity contribution >= 4 is 23.9 Å². The van der Waals surface area contributed by atoms with Crippen LogP contribution in [-0.2, 0) is 9.59 Å². The molecule has 3 N–H and O–H groups in total. The number of hydrogen-bond donors (Lipinski definition) is 3. The molecule has 0 saturated carbocycles. The molecule has 0 unspecified atom stereocenters. The Hall–Kier alpha value is -2.16. The first kappa shape index (κ1) is 12.9. The largest absolute Gasteiger partial charge is 0.344 e. The summed E-state index contributed by atoms with van der Waals surface area (Å²) in [7, 11) is 2.66. The van der Waals surface area contributed by atoms with E-state index in [-0.39, 0.29) is 5.06 Å². The van der Waals surface area contributed by atoms with Gasteiger partial charge in [0.2, 0.25) is 5.54 Å². The molecule has 9 heteroatoms. The summed E-state index contributed by atoms with van der Waals surface area (Å²) in [6.45, 7) is 1.02. The first-order valence-electron chi connectivity index (χ1n) is 4.58. The van der Waals surface area contributed by atoms with Gasteiger partial charge in [0.25, 0.3) is 11.8 Å². The average Bonchev–Trinajstić information content (AvgIpc) is 2.23. The third-order valence-electron chi connectivity index (χ3n) is 2.33. The second-order valence-electron chi connectivity index (χ2n) is 3.80. The van der Waals surface area contributed by atoms with Crippen molar-refractivity contribution < 1.29 is 24.4 Å². The lowest BCUT2D eigenvalue weighted by Crippen LogP contribution is -2.72. The maximum atomic E-state index is 11.5. The zero-order valence-corrected chi connectivity index (χ0v) is 9.47. The predicted molar refractivity (Wildman–Crippen MR) is 52.8 cm³/mol. The van der Waals surface area contributed by atoms with Crippen LogP contribution in [0.15, 0.2) is 0 Å². The van der Waals surface area contributed by atoms with Gasteiger partial charge in [-0.1, -0.05) is 0 Å². The number of carbonyl (C=O) groups is 4. The quantitative estimate of drug-likeness (QED) is 0.294. The van der Waals surface area contributed by atoms with Crippen LogP contribution >= 0.6 is 0 Å². The van der Waals surface area contributed by atoms with Gasteiger partial charge >= 0.3 is 12.1 Å². The van der Waals surface area contributed by atoms with E-state index in [4.69, 9.17) is 0 Å². The minimum atomic E-state index is -2.19. The van der Waals surface area contributed by atoms with Gasteiger partial charge in [-0.15, -0.1) is 0 Å². The van der Waals surface area contributed by atoms with Crippen molar-refractivity contribution in [1.82, 2.24) is 20.6 Å². The van der Waals surface area contributed by atoms with Crippen LogP contribution in [0.2, 0.25) is 0 Å². The molecule has 0 aromatic heterocycles. The number of barbiturate groups is 1. The van der Waals surface area contributed by atoms with Crippen LogP contribution < -0.4 is 10.6 Å². The maximum absolute atomic E-state index is 11.5. The molecule has 0 aliphatic carbocycles. The summed E-state index contributed by atoms with van der Waals surface area (Å²) in [4.78, 5) is 46.4. The minimum Gasteiger partial charge on any atom is -0.329 e. The SMILES string of the molecule is CN(C)C(=O)N(O)C1(C)C(=O)NC(=O)NC1=O. The van der Waals surface area contributed by atoms with E-state index in [2.05, 4.69) is 0 Å². The van der Waals surface area contributed by atoms with Crippen molar-refractivity contribution in [1.29, 1.82) is 0 Å². The van der Waals surface area contributed by atoms with Crippen LogP contribution in [0.25, 0.3) is 0 Å². The Bertz CT molecular complexity index is 385. The standard InChI is InChI=1S/C8H12N4O5/c1-8(12(17)7(16)11(2)3)4(13)9-6(15)10-5(8)14/h17H,1-3H3,(H2,9,10,13,14,15). The molecule has 1 rings (SSSR count). The average molecular weight is 244 g/mol. The highest BCUT2D eigenvalue weighted by Crippen LogP contribution is 2.17. The summed E-state index contributed by atoms with van der Waals surface area (Å²) >= 11 is 0. The molecule has 94 valence electrons. The van der Waals surface area contributed by atoms with Gasteiger partial charge < -0.3 is 4.90 Å². The third kappa shape index (κ3) is 1.91. The van der Waals surface area contributed by atoms with Gasteiger partial charge in [0.1, 0.15) is 0 Å². The van der Waals surface area contributed by atoms with E-state index in [9.17, 15) is 24.4 Å². The van der Waals surface area contributed by atoms with Crippen molar-refractivity contribution in [2.45, 2.75) is 12.5 Å². The number of hydrogen-bond acceptors (Lipinski definition) is 5. The Balaban J connectivity index is 3.08. The lowest BCUT2D eigenvalue weighted by Gasteiger charge is -2.36. The topological polar surface area (TPSA) is 119 Å². The molecule has 0 aromatic rings. The lowest BCUT2D eigenvalue weighted by atomic mass is 9.98. The number of imide groups is 2. The molecule has 0 radical (unpaired) electrons. The molecule has 1 aliphatic heterocycles. The second-order valence-corrected chi connectivity index (χ2v) is 3.80.